The van der Waals surface area contributed by atoms with Gasteiger partial charge in [-0.2, -0.15) is 0 Å². The van der Waals surface area contributed by atoms with Gasteiger partial charge in [0, 0.05) is 5.41 Å². The Kier molecular flexibility index (Phi) is 2.70. The summed E-state index contributed by atoms with van der Waals surface area (Å²) in [5.41, 5.74) is 2.25. The van der Waals surface area contributed by atoms with Crippen molar-refractivity contribution in [1.29, 1.82) is 0 Å². The van der Waals surface area contributed by atoms with E-state index >= 15 is 0 Å². The predicted octanol–water partition coefficient (Wildman–Crippen LogP) is 4.49. The summed E-state index contributed by atoms with van der Waals surface area (Å²) >= 11 is 0. The lowest BCUT2D eigenvalue weighted by Gasteiger charge is -2.34. The maximum atomic E-state index is 12.9. The normalized spacial score (nSPS) is 34.2. The van der Waals surface area contributed by atoms with E-state index in [9.17, 15) is 4.79 Å². The molecule has 2 atom stereocenters. The van der Waals surface area contributed by atoms with Gasteiger partial charge in [-0.25, -0.2) is 0 Å². The van der Waals surface area contributed by atoms with E-state index in [1.807, 2.05) is 18.2 Å². The van der Waals surface area contributed by atoms with Crippen LogP contribution in [0.1, 0.15) is 45.6 Å². The number of hydrogen-bond acceptors (Lipinski definition) is 1. The summed E-state index contributed by atoms with van der Waals surface area (Å²) in [6, 6.07) is 10.2. The minimum atomic E-state index is -0.0989. The Morgan fingerprint density at radius 3 is 2.53 bits per heavy atom. The van der Waals surface area contributed by atoms with Crippen molar-refractivity contribution in [3.63, 3.8) is 0 Å². The highest BCUT2D eigenvalue weighted by molar-refractivity contribution is 6.08. The second-order valence-corrected chi connectivity index (χ2v) is 6.59. The Hall–Kier alpha value is -1.37. The number of ketones is 1. The molecule has 0 saturated heterocycles. The van der Waals surface area contributed by atoms with Crippen LogP contribution in [0.4, 0.5) is 0 Å². The molecule has 2 bridgehead atoms. The Balaban J connectivity index is 2.07. The second kappa shape index (κ2) is 4.06. The molecule has 2 unspecified atom stereocenters. The van der Waals surface area contributed by atoms with E-state index < -0.39 is 0 Å². The largest absolute Gasteiger partial charge is 0.294 e. The van der Waals surface area contributed by atoms with Crippen LogP contribution in [-0.2, 0) is 4.79 Å². The highest BCUT2D eigenvalue weighted by Crippen LogP contribution is 2.67. The lowest BCUT2D eigenvalue weighted by Crippen LogP contribution is -2.35. The van der Waals surface area contributed by atoms with Crippen LogP contribution in [0.5, 0.6) is 0 Å². The van der Waals surface area contributed by atoms with Crippen molar-refractivity contribution in [2.24, 2.45) is 16.7 Å². The first-order valence-corrected chi connectivity index (χ1v) is 7.34. The quantitative estimate of drug-likeness (QED) is 0.711. The number of carbonyl (C=O) groups is 1. The molecule has 2 fully saturated rings. The Morgan fingerprint density at radius 1 is 1.26 bits per heavy atom. The first kappa shape index (κ1) is 12.7. The van der Waals surface area contributed by atoms with Crippen LogP contribution in [0.15, 0.2) is 35.9 Å². The number of allylic oxidation sites excluding steroid dienone is 1. The molecule has 0 aromatic heterocycles. The molecule has 100 valence electrons. The minimum absolute atomic E-state index is 0.0989. The van der Waals surface area contributed by atoms with Gasteiger partial charge in [0.05, 0.1) is 0 Å². The number of hydrogen-bond donors (Lipinski definition) is 0. The molecule has 2 aliphatic rings. The highest BCUT2D eigenvalue weighted by atomic mass is 16.1. The van der Waals surface area contributed by atoms with E-state index in [4.69, 9.17) is 0 Å². The molecule has 0 radical (unpaired) electrons. The van der Waals surface area contributed by atoms with E-state index in [2.05, 4.69) is 39.0 Å². The molecule has 0 aliphatic heterocycles. The lowest BCUT2D eigenvalue weighted by atomic mass is 9.67. The van der Waals surface area contributed by atoms with Crippen molar-refractivity contribution in [2.45, 2.75) is 40.0 Å². The van der Waals surface area contributed by atoms with Crippen LogP contribution < -0.4 is 0 Å². The molecular formula is C18H22O. The molecule has 0 spiro atoms. The van der Waals surface area contributed by atoms with Crippen molar-refractivity contribution in [3.8, 4) is 0 Å². The standard InChI is InChI=1S/C18H22O/c1-4-18-11-10-15(17(18,2)3)14(16(18)19)12-13-8-6-5-7-9-13/h5-9,12,15H,4,10-11H2,1-3H3/b14-12+. The highest BCUT2D eigenvalue weighted by Gasteiger charge is 2.65. The van der Waals surface area contributed by atoms with E-state index in [0.29, 0.717) is 11.7 Å². The SMILES string of the molecule is CCC12CCC(/C(=C\c3ccccc3)C1=O)C2(C)C. The maximum absolute atomic E-state index is 12.9. The van der Waals surface area contributed by atoms with Gasteiger partial charge >= 0.3 is 0 Å². The first-order chi connectivity index (χ1) is 9.03. The summed E-state index contributed by atoms with van der Waals surface area (Å²) in [6.45, 7) is 6.75. The fourth-order valence-electron chi connectivity index (χ4n) is 4.48. The summed E-state index contributed by atoms with van der Waals surface area (Å²) < 4.78 is 0. The molecule has 1 heteroatoms. The zero-order valence-electron chi connectivity index (χ0n) is 12.1. The van der Waals surface area contributed by atoms with Crippen LogP contribution in [0.25, 0.3) is 6.08 Å². The fraction of sp³-hybridized carbons (Fsp3) is 0.500. The average Bonchev–Trinajstić information content (AvgIpc) is 2.75. The molecule has 1 nitrogen and oxygen atoms in total. The minimum Gasteiger partial charge on any atom is -0.294 e. The Bertz CT molecular complexity index is 538. The molecule has 0 heterocycles. The van der Waals surface area contributed by atoms with Crippen molar-refractivity contribution in [1.82, 2.24) is 0 Å². The molecule has 0 N–H and O–H groups in total. The summed E-state index contributed by atoms with van der Waals surface area (Å²) in [4.78, 5) is 12.9. The average molecular weight is 254 g/mol. The van der Waals surface area contributed by atoms with Gasteiger partial charge in [-0.15, -0.1) is 0 Å². The monoisotopic (exact) mass is 254 g/mol. The van der Waals surface area contributed by atoms with Gasteiger partial charge < -0.3 is 0 Å². The number of Topliss-reactive ketones (excluding diaryl/α,β-unsaturated/α-hetero) is 1. The predicted molar refractivity (Wildman–Crippen MR) is 78.7 cm³/mol. The topological polar surface area (TPSA) is 17.1 Å². The molecule has 19 heavy (non-hydrogen) atoms. The third kappa shape index (κ3) is 1.51. The zero-order valence-corrected chi connectivity index (χ0v) is 12.1. The van der Waals surface area contributed by atoms with Gasteiger partial charge in [0.1, 0.15) is 0 Å². The van der Waals surface area contributed by atoms with Gasteiger partial charge in [0.15, 0.2) is 5.78 Å². The van der Waals surface area contributed by atoms with Crippen LogP contribution in [-0.4, -0.2) is 5.78 Å². The number of carbonyl (C=O) groups excluding carboxylic acids is 1. The van der Waals surface area contributed by atoms with Gasteiger partial charge in [0.25, 0.3) is 0 Å². The van der Waals surface area contributed by atoms with E-state index in [-0.39, 0.29) is 10.8 Å². The number of fused-ring (bicyclic) bond motifs is 2. The van der Waals surface area contributed by atoms with Gasteiger partial charge in [0.2, 0.25) is 0 Å². The number of rotatable bonds is 2. The van der Waals surface area contributed by atoms with E-state index in [1.54, 1.807) is 0 Å². The summed E-state index contributed by atoms with van der Waals surface area (Å²) in [5, 5.41) is 0. The maximum Gasteiger partial charge on any atom is 0.165 e. The first-order valence-electron chi connectivity index (χ1n) is 7.34. The molecule has 1 aromatic carbocycles. The summed E-state index contributed by atoms with van der Waals surface area (Å²) in [6.07, 6.45) is 5.35. The fourth-order valence-corrected chi connectivity index (χ4v) is 4.48. The number of benzene rings is 1. The van der Waals surface area contributed by atoms with Gasteiger partial charge in [-0.05, 0) is 47.8 Å². The zero-order chi connectivity index (χ0) is 13.7. The van der Waals surface area contributed by atoms with Gasteiger partial charge in [-0.1, -0.05) is 51.1 Å². The summed E-state index contributed by atoms with van der Waals surface area (Å²) in [7, 11) is 0. The smallest absolute Gasteiger partial charge is 0.165 e. The van der Waals surface area contributed by atoms with Crippen molar-refractivity contribution in [3.05, 3.63) is 41.5 Å². The Labute approximate surface area is 115 Å². The van der Waals surface area contributed by atoms with Crippen molar-refractivity contribution in [2.75, 3.05) is 0 Å². The van der Waals surface area contributed by atoms with Crippen LogP contribution in [0.3, 0.4) is 0 Å². The molecular weight excluding hydrogens is 232 g/mol. The van der Waals surface area contributed by atoms with E-state index in [0.717, 1.165) is 24.0 Å². The molecule has 2 saturated carbocycles. The Morgan fingerprint density at radius 2 is 1.95 bits per heavy atom. The second-order valence-electron chi connectivity index (χ2n) is 6.59. The van der Waals surface area contributed by atoms with Crippen LogP contribution in [0.2, 0.25) is 0 Å². The third-order valence-electron chi connectivity index (χ3n) is 5.76. The van der Waals surface area contributed by atoms with Gasteiger partial charge in [-0.3, -0.25) is 4.79 Å². The van der Waals surface area contributed by atoms with Crippen LogP contribution in [0, 0.1) is 16.7 Å². The van der Waals surface area contributed by atoms with E-state index in [1.165, 1.54) is 6.42 Å². The molecule has 0 amide bonds. The lowest BCUT2D eigenvalue weighted by molar-refractivity contribution is -0.126. The molecule has 3 rings (SSSR count). The third-order valence-corrected chi connectivity index (χ3v) is 5.76. The summed E-state index contributed by atoms with van der Waals surface area (Å²) in [5.74, 6) is 0.861. The molecule has 1 aromatic rings. The molecule has 2 aliphatic carbocycles. The van der Waals surface area contributed by atoms with Crippen molar-refractivity contribution < 1.29 is 4.79 Å². The van der Waals surface area contributed by atoms with Crippen LogP contribution >= 0.6 is 0 Å². The van der Waals surface area contributed by atoms with Crippen molar-refractivity contribution >= 4 is 11.9 Å².